The average molecular weight is 303 g/mol. The second-order valence-corrected chi connectivity index (χ2v) is 4.92. The Labute approximate surface area is 118 Å². The van der Waals surface area contributed by atoms with E-state index in [1.165, 1.54) is 6.07 Å². The van der Waals surface area contributed by atoms with Gasteiger partial charge in [-0.2, -0.15) is 0 Å². The fourth-order valence-electron chi connectivity index (χ4n) is 2.09. The van der Waals surface area contributed by atoms with Crippen molar-refractivity contribution in [3.8, 4) is 0 Å². The maximum absolute atomic E-state index is 13.1. The summed E-state index contributed by atoms with van der Waals surface area (Å²) in [7, 11) is 0. The van der Waals surface area contributed by atoms with E-state index in [0.717, 1.165) is 17.0 Å². The zero-order valence-electron chi connectivity index (χ0n) is 10.2. The molecule has 6 nitrogen and oxygen atoms in total. The van der Waals surface area contributed by atoms with Gasteiger partial charge < -0.3 is 20.4 Å². The van der Waals surface area contributed by atoms with Crippen LogP contribution in [-0.2, 0) is 4.79 Å². The van der Waals surface area contributed by atoms with Crippen LogP contribution in [-0.4, -0.2) is 45.8 Å². The molecule has 0 aliphatic carbocycles. The number of carbonyl (C=O) groups excluding carboxylic acids is 1. The van der Waals surface area contributed by atoms with Gasteiger partial charge >= 0.3 is 12.0 Å². The smallest absolute Gasteiger partial charge is 0.326 e. The number of aliphatic hydroxyl groups excluding tert-OH is 1. The van der Waals surface area contributed by atoms with Crippen molar-refractivity contribution in [1.82, 2.24) is 4.90 Å². The molecule has 1 unspecified atom stereocenters. The molecular formula is C12H12ClFN2O4. The molecule has 3 N–H and O–H groups in total. The Bertz CT molecular complexity index is 534. The lowest BCUT2D eigenvalue weighted by atomic mass is 10.2. The molecule has 1 heterocycles. The quantitative estimate of drug-likeness (QED) is 0.773. The number of aliphatic carboxylic acids is 1. The van der Waals surface area contributed by atoms with E-state index in [0.29, 0.717) is 0 Å². The Balaban J connectivity index is 2.13. The minimum Gasteiger partial charge on any atom is -0.480 e. The number of amides is 2. The number of hydrogen-bond acceptors (Lipinski definition) is 3. The summed E-state index contributed by atoms with van der Waals surface area (Å²) < 4.78 is 13.1. The number of β-amino-alcohol motifs (C(OH)–C–C–N with tert-alkyl or cyclic N) is 1. The first-order valence-corrected chi connectivity index (χ1v) is 6.19. The van der Waals surface area contributed by atoms with Crippen molar-refractivity contribution < 1.29 is 24.2 Å². The molecule has 20 heavy (non-hydrogen) atoms. The monoisotopic (exact) mass is 302 g/mol. The normalized spacial score (nSPS) is 21.9. The highest BCUT2D eigenvalue weighted by molar-refractivity contribution is 6.30. The zero-order valence-corrected chi connectivity index (χ0v) is 11.0. The number of aliphatic hydroxyl groups is 1. The maximum Gasteiger partial charge on any atom is 0.326 e. The molecule has 0 radical (unpaired) electrons. The molecule has 2 amide bonds. The van der Waals surface area contributed by atoms with Gasteiger partial charge in [0.15, 0.2) is 0 Å². The first-order chi connectivity index (χ1) is 9.36. The highest BCUT2D eigenvalue weighted by Crippen LogP contribution is 2.22. The molecule has 2 rings (SSSR count). The number of hydrogen-bond donors (Lipinski definition) is 3. The minimum absolute atomic E-state index is 0.0351. The molecule has 1 aliphatic rings. The van der Waals surface area contributed by atoms with Gasteiger partial charge in [0.25, 0.3) is 0 Å². The molecule has 0 aromatic heterocycles. The van der Waals surface area contributed by atoms with Crippen LogP contribution in [0.15, 0.2) is 18.2 Å². The third-order valence-corrected chi connectivity index (χ3v) is 3.16. The summed E-state index contributed by atoms with van der Waals surface area (Å²) in [5, 5.41) is 20.9. The van der Waals surface area contributed by atoms with E-state index in [9.17, 15) is 19.1 Å². The fourth-order valence-corrected chi connectivity index (χ4v) is 2.32. The van der Waals surface area contributed by atoms with Gasteiger partial charge in [-0.25, -0.2) is 14.0 Å². The van der Waals surface area contributed by atoms with Crippen LogP contribution in [0, 0.1) is 5.82 Å². The molecule has 1 saturated heterocycles. The van der Waals surface area contributed by atoms with E-state index in [1.807, 2.05) is 0 Å². The number of urea groups is 1. The number of benzene rings is 1. The van der Waals surface area contributed by atoms with Gasteiger partial charge in [-0.05, 0) is 18.2 Å². The zero-order chi connectivity index (χ0) is 14.9. The van der Waals surface area contributed by atoms with Crippen LogP contribution >= 0.6 is 11.6 Å². The van der Waals surface area contributed by atoms with E-state index in [4.69, 9.17) is 16.7 Å². The van der Waals surface area contributed by atoms with Gasteiger partial charge in [0.05, 0.1) is 6.10 Å². The number of nitrogens with one attached hydrogen (secondary N) is 1. The van der Waals surface area contributed by atoms with E-state index < -0.39 is 30.0 Å². The predicted molar refractivity (Wildman–Crippen MR) is 69.2 cm³/mol. The maximum atomic E-state index is 13.1. The van der Waals surface area contributed by atoms with Crippen LogP contribution in [0.25, 0.3) is 0 Å². The van der Waals surface area contributed by atoms with Gasteiger partial charge in [0.2, 0.25) is 0 Å². The van der Waals surface area contributed by atoms with E-state index in [-0.39, 0.29) is 23.7 Å². The van der Waals surface area contributed by atoms with Crippen molar-refractivity contribution in [1.29, 1.82) is 0 Å². The summed E-state index contributed by atoms with van der Waals surface area (Å²) in [6.45, 7) is -0.0914. The van der Waals surface area contributed by atoms with Crippen molar-refractivity contribution in [2.75, 3.05) is 11.9 Å². The molecule has 0 bridgehead atoms. The summed E-state index contributed by atoms with van der Waals surface area (Å²) in [6.07, 6.45) is -0.926. The Hall–Kier alpha value is -1.86. The fraction of sp³-hybridized carbons (Fsp3) is 0.333. The van der Waals surface area contributed by atoms with Crippen LogP contribution in [0.5, 0.6) is 0 Å². The van der Waals surface area contributed by atoms with Crippen LogP contribution in [0.1, 0.15) is 6.42 Å². The standard InChI is InChI=1S/C12H12ClFN2O4/c13-6-1-7(14)3-8(2-6)15-12(20)16-5-9(17)4-10(16)11(18)19/h1-3,9-10,17H,4-5H2,(H,15,20)(H,18,19)/t9?,10-/m0/s1. The van der Waals surface area contributed by atoms with Crippen molar-refractivity contribution in [2.24, 2.45) is 0 Å². The number of carbonyl (C=O) groups is 2. The first kappa shape index (κ1) is 14.5. The van der Waals surface area contributed by atoms with E-state index >= 15 is 0 Å². The molecule has 8 heteroatoms. The summed E-state index contributed by atoms with van der Waals surface area (Å²) in [4.78, 5) is 24.0. The summed E-state index contributed by atoms with van der Waals surface area (Å²) in [5.74, 6) is -1.82. The third-order valence-electron chi connectivity index (χ3n) is 2.94. The lowest BCUT2D eigenvalue weighted by Gasteiger charge is -2.21. The van der Waals surface area contributed by atoms with Gasteiger partial charge in [-0.1, -0.05) is 11.6 Å². The Morgan fingerprint density at radius 3 is 2.70 bits per heavy atom. The molecule has 2 atom stereocenters. The van der Waals surface area contributed by atoms with Crippen molar-refractivity contribution in [3.05, 3.63) is 29.0 Å². The van der Waals surface area contributed by atoms with Crippen LogP contribution in [0.3, 0.4) is 0 Å². The minimum atomic E-state index is -1.20. The highest BCUT2D eigenvalue weighted by atomic mass is 35.5. The second kappa shape index (κ2) is 5.64. The molecule has 1 aromatic rings. The molecule has 0 saturated carbocycles. The average Bonchev–Trinajstić information content (AvgIpc) is 2.70. The van der Waals surface area contributed by atoms with Crippen LogP contribution < -0.4 is 5.32 Å². The summed E-state index contributed by atoms with van der Waals surface area (Å²) in [6, 6.07) is 1.65. The van der Waals surface area contributed by atoms with E-state index in [1.54, 1.807) is 0 Å². The van der Waals surface area contributed by atoms with Gasteiger partial charge in [0.1, 0.15) is 11.9 Å². The van der Waals surface area contributed by atoms with Crippen molar-refractivity contribution in [3.63, 3.8) is 0 Å². The van der Waals surface area contributed by atoms with Crippen molar-refractivity contribution >= 4 is 29.3 Å². The number of rotatable bonds is 2. The number of carboxylic acid groups (broad SMARTS) is 1. The SMILES string of the molecule is O=C(O)[C@@H]1CC(O)CN1C(=O)Nc1cc(F)cc(Cl)c1. The van der Waals surface area contributed by atoms with E-state index in [2.05, 4.69) is 5.32 Å². The van der Waals surface area contributed by atoms with Crippen molar-refractivity contribution in [2.45, 2.75) is 18.6 Å². The summed E-state index contributed by atoms with van der Waals surface area (Å²) >= 11 is 5.66. The third kappa shape index (κ3) is 3.17. The first-order valence-electron chi connectivity index (χ1n) is 5.81. The predicted octanol–water partition coefficient (Wildman–Crippen LogP) is 1.53. The molecular weight excluding hydrogens is 291 g/mol. The van der Waals surface area contributed by atoms with Gasteiger partial charge in [-0.3, -0.25) is 0 Å². The molecule has 0 spiro atoms. The summed E-state index contributed by atoms with van der Waals surface area (Å²) in [5.41, 5.74) is 0.116. The lowest BCUT2D eigenvalue weighted by molar-refractivity contribution is -0.141. The molecule has 108 valence electrons. The number of carboxylic acids is 1. The molecule has 1 aromatic carbocycles. The Morgan fingerprint density at radius 1 is 1.40 bits per heavy atom. The largest absolute Gasteiger partial charge is 0.480 e. The molecule has 1 aliphatic heterocycles. The van der Waals surface area contributed by atoms with Gasteiger partial charge in [0, 0.05) is 23.7 Å². The topological polar surface area (TPSA) is 89.9 Å². The Morgan fingerprint density at radius 2 is 2.10 bits per heavy atom. The number of anilines is 1. The second-order valence-electron chi connectivity index (χ2n) is 4.48. The van der Waals surface area contributed by atoms with Crippen LogP contribution in [0.2, 0.25) is 5.02 Å². The van der Waals surface area contributed by atoms with Gasteiger partial charge in [-0.15, -0.1) is 0 Å². The lowest BCUT2D eigenvalue weighted by Crippen LogP contribution is -2.43. The number of nitrogens with zero attached hydrogens (tertiary/aromatic N) is 1. The van der Waals surface area contributed by atoms with Crippen LogP contribution in [0.4, 0.5) is 14.9 Å². The molecule has 1 fully saturated rings. The number of likely N-dealkylation sites (tertiary alicyclic amines) is 1. The highest BCUT2D eigenvalue weighted by Gasteiger charge is 2.39. The number of halogens is 2. The Kier molecular flexibility index (Phi) is 4.10.